The molecule has 0 unspecified atom stereocenters. The van der Waals surface area contributed by atoms with Crippen LogP contribution in [0.2, 0.25) is 0 Å². The molecular weight excluding hydrogens is 567 g/mol. The van der Waals surface area contributed by atoms with E-state index in [1.54, 1.807) is 0 Å². The molecule has 0 fully saturated rings. The molecule has 0 spiro atoms. The average molecular weight is 654 g/mol. The van der Waals surface area contributed by atoms with Crippen molar-refractivity contribution in [3.05, 3.63) is 29.8 Å². The van der Waals surface area contributed by atoms with Crippen LogP contribution in [0, 0.1) is 0 Å². The number of unbranched alkanes of at least 4 members (excludes halogenated alkanes) is 31. The molecule has 1 aromatic rings. The van der Waals surface area contributed by atoms with Gasteiger partial charge in [0.05, 0.1) is 0 Å². The molecule has 1 nitrogen and oxygen atoms in total. The van der Waals surface area contributed by atoms with Crippen LogP contribution in [-0.4, -0.2) is 13.1 Å². The highest BCUT2D eigenvalue weighted by atomic mass is 15.1. The lowest BCUT2D eigenvalue weighted by Gasteiger charge is -2.25. The van der Waals surface area contributed by atoms with Gasteiger partial charge in [0.1, 0.15) is 0 Å². The molecule has 0 amide bonds. The van der Waals surface area contributed by atoms with Gasteiger partial charge in [0.15, 0.2) is 0 Å². The molecule has 1 rings (SSSR count). The van der Waals surface area contributed by atoms with Crippen LogP contribution in [0.5, 0.6) is 0 Å². The summed E-state index contributed by atoms with van der Waals surface area (Å²) in [5, 5.41) is 0. The molecule has 0 atom stereocenters. The van der Waals surface area contributed by atoms with E-state index in [0.717, 1.165) is 0 Å². The van der Waals surface area contributed by atoms with Gasteiger partial charge in [-0.3, -0.25) is 0 Å². The van der Waals surface area contributed by atoms with Gasteiger partial charge in [-0.2, -0.15) is 0 Å². The fourth-order valence-electron chi connectivity index (χ4n) is 7.33. The van der Waals surface area contributed by atoms with Crippen LogP contribution in [0.25, 0.3) is 0 Å². The van der Waals surface area contributed by atoms with E-state index in [-0.39, 0.29) is 0 Å². The van der Waals surface area contributed by atoms with E-state index in [0.29, 0.717) is 0 Å². The summed E-state index contributed by atoms with van der Waals surface area (Å²) in [5.41, 5.74) is 2.98. The Balaban J connectivity index is 2.13. The number of rotatable bonds is 38. The van der Waals surface area contributed by atoms with Crippen molar-refractivity contribution in [3.8, 4) is 0 Å². The van der Waals surface area contributed by atoms with Crippen molar-refractivity contribution in [3.63, 3.8) is 0 Å². The number of benzene rings is 1. The maximum absolute atomic E-state index is 2.72. The number of anilines is 1. The van der Waals surface area contributed by atoms with Gasteiger partial charge >= 0.3 is 0 Å². The van der Waals surface area contributed by atoms with Crippen molar-refractivity contribution >= 4 is 5.69 Å². The Morgan fingerprint density at radius 1 is 0.298 bits per heavy atom. The predicted octanol–water partition coefficient (Wildman–Crippen LogP) is 16.4. The average Bonchev–Trinajstić information content (AvgIpc) is 3.09. The van der Waals surface area contributed by atoms with Crippen LogP contribution in [-0.2, 0) is 6.42 Å². The van der Waals surface area contributed by atoms with Gasteiger partial charge in [-0.1, -0.05) is 232 Å². The first-order valence-corrected chi connectivity index (χ1v) is 22.2. The first-order chi connectivity index (χ1) is 23.3. The second kappa shape index (κ2) is 36.3. The molecule has 0 aliphatic carbocycles. The third-order valence-electron chi connectivity index (χ3n) is 10.7. The summed E-state index contributed by atoms with van der Waals surface area (Å²) in [4.78, 5) is 2.72. The van der Waals surface area contributed by atoms with E-state index >= 15 is 0 Å². The van der Waals surface area contributed by atoms with Gasteiger partial charge in [-0.05, 0) is 43.4 Å². The molecular formula is C46H87N. The van der Waals surface area contributed by atoms with Crippen LogP contribution in [0.15, 0.2) is 24.3 Å². The van der Waals surface area contributed by atoms with E-state index in [1.165, 1.54) is 249 Å². The van der Waals surface area contributed by atoms with E-state index in [4.69, 9.17) is 0 Å². The van der Waals surface area contributed by atoms with E-state index in [2.05, 4.69) is 49.9 Å². The fourth-order valence-corrected chi connectivity index (χ4v) is 7.33. The van der Waals surface area contributed by atoms with Crippen LogP contribution in [0.1, 0.15) is 245 Å². The summed E-state index contributed by atoms with van der Waals surface area (Å²) in [6.45, 7) is 9.40. The van der Waals surface area contributed by atoms with Crippen LogP contribution in [0.3, 0.4) is 0 Å². The normalized spacial score (nSPS) is 11.5. The Morgan fingerprint density at radius 3 is 0.830 bits per heavy atom. The molecule has 47 heavy (non-hydrogen) atoms. The Bertz CT molecular complexity index is 672. The van der Waals surface area contributed by atoms with Gasteiger partial charge in [0, 0.05) is 18.8 Å². The molecule has 0 N–H and O–H groups in total. The van der Waals surface area contributed by atoms with Gasteiger partial charge < -0.3 is 4.90 Å². The lowest BCUT2D eigenvalue weighted by atomic mass is 10.0. The second-order valence-corrected chi connectivity index (χ2v) is 15.4. The SMILES string of the molecule is CCCCCCCCCCCCCCCCCCN(CCCCCCCCCCCCCCCCCC)c1ccc(CCCC)cc1. The molecule has 1 heteroatoms. The first-order valence-electron chi connectivity index (χ1n) is 22.2. The highest BCUT2D eigenvalue weighted by Crippen LogP contribution is 2.20. The van der Waals surface area contributed by atoms with Crippen molar-refractivity contribution in [2.75, 3.05) is 18.0 Å². The molecule has 1 aromatic carbocycles. The summed E-state index contributed by atoms with van der Waals surface area (Å²) >= 11 is 0. The topological polar surface area (TPSA) is 3.24 Å². The van der Waals surface area contributed by atoms with E-state index < -0.39 is 0 Å². The zero-order valence-electron chi connectivity index (χ0n) is 32.9. The van der Waals surface area contributed by atoms with Crippen LogP contribution >= 0.6 is 0 Å². The predicted molar refractivity (Wildman–Crippen MR) is 216 cm³/mol. The van der Waals surface area contributed by atoms with E-state index in [1.807, 2.05) is 0 Å². The maximum atomic E-state index is 2.72. The molecule has 0 aliphatic rings. The minimum atomic E-state index is 1.23. The lowest BCUT2D eigenvalue weighted by Crippen LogP contribution is -2.25. The Morgan fingerprint density at radius 2 is 0.553 bits per heavy atom. The molecule has 0 saturated heterocycles. The van der Waals surface area contributed by atoms with E-state index in [9.17, 15) is 0 Å². The standard InChI is InChI=1S/C46H87N/c1-4-7-10-12-14-16-18-20-22-24-26-28-30-32-34-36-43-47(46-41-39-45(40-42-46)38-9-6-3)44-37-35-33-31-29-27-25-23-21-19-17-15-13-11-8-5-2/h39-42H,4-38,43-44H2,1-3H3. The largest absolute Gasteiger partial charge is 0.372 e. The molecule has 0 bridgehead atoms. The Hall–Kier alpha value is -0.980. The Kier molecular flexibility index (Phi) is 34.0. The molecule has 0 aromatic heterocycles. The van der Waals surface area contributed by atoms with Crippen molar-refractivity contribution in [2.45, 2.75) is 245 Å². The number of aryl methyl sites for hydroxylation is 1. The zero-order chi connectivity index (χ0) is 33.7. The molecule has 0 saturated carbocycles. The number of hydrogen-bond acceptors (Lipinski definition) is 1. The molecule has 276 valence electrons. The highest BCUT2D eigenvalue weighted by molar-refractivity contribution is 5.47. The zero-order valence-corrected chi connectivity index (χ0v) is 32.9. The smallest absolute Gasteiger partial charge is 0.0366 e. The summed E-state index contributed by atoms with van der Waals surface area (Å²) in [5.74, 6) is 0. The van der Waals surface area contributed by atoms with Gasteiger partial charge in [0.25, 0.3) is 0 Å². The maximum Gasteiger partial charge on any atom is 0.0366 e. The Labute approximate surface area is 298 Å². The lowest BCUT2D eigenvalue weighted by molar-refractivity contribution is 0.524. The van der Waals surface area contributed by atoms with Crippen LogP contribution < -0.4 is 4.90 Å². The number of hydrogen-bond donors (Lipinski definition) is 0. The minimum Gasteiger partial charge on any atom is -0.372 e. The summed E-state index contributed by atoms with van der Waals surface area (Å²) < 4.78 is 0. The summed E-state index contributed by atoms with van der Waals surface area (Å²) in [6, 6.07) is 9.65. The second-order valence-electron chi connectivity index (χ2n) is 15.4. The quantitative estimate of drug-likeness (QED) is 0.0642. The molecule has 0 aliphatic heterocycles. The molecule has 0 radical (unpaired) electrons. The van der Waals surface area contributed by atoms with Gasteiger partial charge in [-0.25, -0.2) is 0 Å². The van der Waals surface area contributed by atoms with Crippen molar-refractivity contribution in [2.24, 2.45) is 0 Å². The van der Waals surface area contributed by atoms with Crippen LogP contribution in [0.4, 0.5) is 5.69 Å². The minimum absolute atomic E-state index is 1.23. The van der Waals surface area contributed by atoms with Crippen molar-refractivity contribution in [1.82, 2.24) is 0 Å². The van der Waals surface area contributed by atoms with Crippen molar-refractivity contribution < 1.29 is 0 Å². The monoisotopic (exact) mass is 654 g/mol. The number of nitrogens with zero attached hydrogens (tertiary/aromatic N) is 1. The van der Waals surface area contributed by atoms with Crippen molar-refractivity contribution in [1.29, 1.82) is 0 Å². The summed E-state index contributed by atoms with van der Waals surface area (Å²) in [7, 11) is 0. The first kappa shape index (κ1) is 44.0. The van der Waals surface area contributed by atoms with Gasteiger partial charge in [0.2, 0.25) is 0 Å². The fraction of sp³-hybridized carbons (Fsp3) is 0.870. The molecule has 0 heterocycles. The highest BCUT2D eigenvalue weighted by Gasteiger charge is 2.07. The third kappa shape index (κ3) is 29.6. The summed E-state index contributed by atoms with van der Waals surface area (Å²) in [6.07, 6.45) is 50.1. The third-order valence-corrected chi connectivity index (χ3v) is 10.7. The van der Waals surface area contributed by atoms with Gasteiger partial charge in [-0.15, -0.1) is 0 Å².